The van der Waals surface area contributed by atoms with E-state index in [2.05, 4.69) is 0 Å². The molecule has 2 nitrogen and oxygen atoms in total. The standard InChI is InChI=1S/C11H11ClO2/c1-8(7-11(13)14)6-9-2-4-10(12)5-3-9/h2-6H,7H2,1H3,(H,13,14)/b8-6+. The van der Waals surface area contributed by atoms with Crippen molar-refractivity contribution in [1.29, 1.82) is 0 Å². The van der Waals surface area contributed by atoms with Crippen LogP contribution in [0.25, 0.3) is 6.08 Å². The Hall–Kier alpha value is -1.28. The molecule has 0 saturated heterocycles. The van der Waals surface area contributed by atoms with Crippen molar-refractivity contribution in [3.05, 3.63) is 40.4 Å². The van der Waals surface area contributed by atoms with Crippen LogP contribution < -0.4 is 0 Å². The minimum absolute atomic E-state index is 0.0721. The van der Waals surface area contributed by atoms with Gasteiger partial charge in [0.15, 0.2) is 0 Å². The second-order valence-corrected chi connectivity index (χ2v) is 3.55. The van der Waals surface area contributed by atoms with E-state index in [1.165, 1.54) is 0 Å². The van der Waals surface area contributed by atoms with E-state index < -0.39 is 5.97 Å². The van der Waals surface area contributed by atoms with Crippen LogP contribution in [0.3, 0.4) is 0 Å². The highest BCUT2D eigenvalue weighted by atomic mass is 35.5. The van der Waals surface area contributed by atoms with Crippen LogP contribution in [0.2, 0.25) is 5.02 Å². The molecule has 0 spiro atoms. The Morgan fingerprint density at radius 3 is 2.50 bits per heavy atom. The first kappa shape index (κ1) is 10.8. The van der Waals surface area contributed by atoms with Gasteiger partial charge in [-0.3, -0.25) is 4.79 Å². The number of carbonyl (C=O) groups is 1. The molecule has 1 rings (SSSR count). The fraction of sp³-hybridized carbons (Fsp3) is 0.182. The molecule has 3 heteroatoms. The first-order valence-corrected chi connectivity index (χ1v) is 4.60. The molecule has 1 N–H and O–H groups in total. The van der Waals surface area contributed by atoms with Gasteiger partial charge >= 0.3 is 5.97 Å². The lowest BCUT2D eigenvalue weighted by Crippen LogP contribution is -1.94. The molecule has 0 atom stereocenters. The lowest BCUT2D eigenvalue weighted by molar-refractivity contribution is -0.136. The Labute approximate surface area is 87.8 Å². The molecule has 0 fully saturated rings. The first-order chi connectivity index (χ1) is 6.58. The maximum Gasteiger partial charge on any atom is 0.307 e. The van der Waals surface area contributed by atoms with Crippen LogP contribution in [0.15, 0.2) is 29.8 Å². The summed E-state index contributed by atoms with van der Waals surface area (Å²) in [5.41, 5.74) is 1.79. The van der Waals surface area contributed by atoms with Crippen molar-refractivity contribution in [2.75, 3.05) is 0 Å². The Morgan fingerprint density at radius 2 is 2.00 bits per heavy atom. The van der Waals surface area contributed by atoms with Gasteiger partial charge in [-0.15, -0.1) is 0 Å². The Morgan fingerprint density at radius 1 is 1.43 bits per heavy atom. The predicted molar refractivity (Wildman–Crippen MR) is 57.4 cm³/mol. The summed E-state index contributed by atoms with van der Waals surface area (Å²) in [6.45, 7) is 1.79. The van der Waals surface area contributed by atoms with Crippen molar-refractivity contribution in [2.45, 2.75) is 13.3 Å². The second kappa shape index (κ2) is 4.82. The van der Waals surface area contributed by atoms with E-state index in [1.807, 2.05) is 18.2 Å². The van der Waals surface area contributed by atoms with Crippen LogP contribution >= 0.6 is 11.6 Å². The average molecular weight is 211 g/mol. The van der Waals surface area contributed by atoms with Crippen molar-refractivity contribution in [2.24, 2.45) is 0 Å². The number of benzene rings is 1. The van der Waals surface area contributed by atoms with Gasteiger partial charge in [-0.05, 0) is 24.6 Å². The van der Waals surface area contributed by atoms with Crippen molar-refractivity contribution in [3.8, 4) is 0 Å². The van der Waals surface area contributed by atoms with Crippen LogP contribution in [-0.2, 0) is 4.79 Å². The van der Waals surface area contributed by atoms with Crippen molar-refractivity contribution >= 4 is 23.6 Å². The fourth-order valence-electron chi connectivity index (χ4n) is 1.13. The summed E-state index contributed by atoms with van der Waals surface area (Å²) in [5, 5.41) is 9.22. The highest BCUT2D eigenvalue weighted by molar-refractivity contribution is 6.30. The van der Waals surface area contributed by atoms with Crippen LogP contribution in [0.5, 0.6) is 0 Å². The molecule has 1 aromatic carbocycles. The summed E-state index contributed by atoms with van der Waals surface area (Å²) in [5.74, 6) is -0.812. The Kier molecular flexibility index (Phi) is 3.72. The predicted octanol–water partition coefficient (Wildman–Crippen LogP) is 3.22. The van der Waals surface area contributed by atoms with Crippen LogP contribution in [-0.4, -0.2) is 11.1 Å². The van der Waals surface area contributed by atoms with E-state index in [1.54, 1.807) is 19.1 Å². The van der Waals surface area contributed by atoms with E-state index in [9.17, 15) is 4.79 Å². The third-order valence-electron chi connectivity index (χ3n) is 1.71. The van der Waals surface area contributed by atoms with Gasteiger partial charge in [-0.2, -0.15) is 0 Å². The van der Waals surface area contributed by atoms with Crippen molar-refractivity contribution in [1.82, 2.24) is 0 Å². The highest BCUT2D eigenvalue weighted by Crippen LogP contribution is 2.13. The molecule has 0 unspecified atom stereocenters. The Balaban J connectivity index is 2.76. The zero-order valence-corrected chi connectivity index (χ0v) is 8.58. The monoisotopic (exact) mass is 210 g/mol. The molecule has 0 radical (unpaired) electrons. The molecule has 0 aliphatic heterocycles. The number of halogens is 1. The van der Waals surface area contributed by atoms with E-state index in [4.69, 9.17) is 16.7 Å². The SMILES string of the molecule is C/C(=C\c1ccc(Cl)cc1)CC(=O)O. The van der Waals surface area contributed by atoms with Gasteiger partial charge in [0.25, 0.3) is 0 Å². The van der Waals surface area contributed by atoms with E-state index in [0.717, 1.165) is 11.1 Å². The quantitative estimate of drug-likeness (QED) is 0.832. The van der Waals surface area contributed by atoms with Gasteiger partial charge in [0.05, 0.1) is 6.42 Å². The highest BCUT2D eigenvalue weighted by Gasteiger charge is 1.98. The molecular weight excluding hydrogens is 200 g/mol. The van der Waals surface area contributed by atoms with E-state index in [-0.39, 0.29) is 6.42 Å². The third-order valence-corrected chi connectivity index (χ3v) is 1.97. The first-order valence-electron chi connectivity index (χ1n) is 4.22. The number of hydrogen-bond acceptors (Lipinski definition) is 1. The maximum absolute atomic E-state index is 10.4. The largest absolute Gasteiger partial charge is 0.481 e. The summed E-state index contributed by atoms with van der Waals surface area (Å²) in [6.07, 6.45) is 1.91. The Bertz CT molecular complexity index is 352. The molecule has 0 saturated carbocycles. The number of rotatable bonds is 3. The van der Waals surface area contributed by atoms with Gasteiger partial charge in [0.1, 0.15) is 0 Å². The molecular formula is C11H11ClO2. The minimum Gasteiger partial charge on any atom is -0.481 e. The molecule has 14 heavy (non-hydrogen) atoms. The smallest absolute Gasteiger partial charge is 0.307 e. The number of carboxylic acid groups (broad SMARTS) is 1. The molecule has 0 aromatic heterocycles. The maximum atomic E-state index is 10.4. The zero-order chi connectivity index (χ0) is 10.6. The molecule has 0 amide bonds. The zero-order valence-electron chi connectivity index (χ0n) is 7.83. The van der Waals surface area contributed by atoms with Crippen LogP contribution in [0.1, 0.15) is 18.9 Å². The average Bonchev–Trinajstić information content (AvgIpc) is 2.07. The van der Waals surface area contributed by atoms with Crippen LogP contribution in [0.4, 0.5) is 0 Å². The van der Waals surface area contributed by atoms with Gasteiger partial charge in [-0.1, -0.05) is 35.4 Å². The normalized spacial score (nSPS) is 11.4. The number of hydrogen-bond donors (Lipinski definition) is 1. The topological polar surface area (TPSA) is 37.3 Å². The van der Waals surface area contributed by atoms with Crippen molar-refractivity contribution < 1.29 is 9.90 Å². The summed E-state index contributed by atoms with van der Waals surface area (Å²) < 4.78 is 0. The fourth-order valence-corrected chi connectivity index (χ4v) is 1.26. The van der Waals surface area contributed by atoms with Crippen LogP contribution in [0, 0.1) is 0 Å². The van der Waals surface area contributed by atoms with Gasteiger partial charge in [0, 0.05) is 5.02 Å². The second-order valence-electron chi connectivity index (χ2n) is 3.11. The lowest BCUT2D eigenvalue weighted by atomic mass is 10.1. The van der Waals surface area contributed by atoms with E-state index >= 15 is 0 Å². The van der Waals surface area contributed by atoms with Gasteiger partial charge in [-0.25, -0.2) is 0 Å². The van der Waals surface area contributed by atoms with Crippen molar-refractivity contribution in [3.63, 3.8) is 0 Å². The molecule has 0 heterocycles. The molecule has 1 aromatic rings. The summed E-state index contributed by atoms with van der Waals surface area (Å²) in [7, 11) is 0. The van der Waals surface area contributed by atoms with Gasteiger partial charge < -0.3 is 5.11 Å². The molecule has 0 bridgehead atoms. The molecule has 74 valence electrons. The molecule has 0 aliphatic rings. The van der Waals surface area contributed by atoms with E-state index in [0.29, 0.717) is 5.02 Å². The number of carboxylic acids is 1. The van der Waals surface area contributed by atoms with Gasteiger partial charge in [0.2, 0.25) is 0 Å². The minimum atomic E-state index is -0.812. The third kappa shape index (κ3) is 3.62. The summed E-state index contributed by atoms with van der Waals surface area (Å²) in [4.78, 5) is 10.4. The number of aliphatic carboxylic acids is 1. The lowest BCUT2D eigenvalue weighted by Gasteiger charge is -1.97. The summed E-state index contributed by atoms with van der Waals surface area (Å²) in [6, 6.07) is 7.27. The summed E-state index contributed by atoms with van der Waals surface area (Å²) >= 11 is 5.72. The molecule has 0 aliphatic carbocycles.